The maximum Gasteiger partial charge on any atom is 0.270 e. The van der Waals surface area contributed by atoms with Crippen molar-refractivity contribution in [3.8, 4) is 0 Å². The van der Waals surface area contributed by atoms with Gasteiger partial charge in [0.05, 0.1) is 14.7 Å². The fourth-order valence-electron chi connectivity index (χ4n) is 4.08. The van der Waals surface area contributed by atoms with Crippen molar-refractivity contribution in [1.82, 2.24) is 9.80 Å². The molecule has 0 bridgehead atoms. The number of ketones is 1. The minimum atomic E-state index is -0.427. The molecule has 5 rings (SSSR count). The number of hydrogen-bond donors (Lipinski definition) is 0. The first-order valence-corrected chi connectivity index (χ1v) is 12.3. The van der Waals surface area contributed by atoms with E-state index in [4.69, 9.17) is 0 Å². The number of hydrogen-bond acceptors (Lipinski definition) is 7. The molecule has 1 aliphatic heterocycles. The van der Waals surface area contributed by atoms with Crippen LogP contribution in [0.25, 0.3) is 20.2 Å². The molecule has 0 N–H and O–H groups in total. The number of benzene rings is 2. The van der Waals surface area contributed by atoms with Gasteiger partial charge in [0.15, 0.2) is 5.78 Å². The molecule has 0 unspecified atom stereocenters. The van der Waals surface area contributed by atoms with Crippen molar-refractivity contribution in [2.75, 3.05) is 32.7 Å². The number of fused-ring (bicyclic) bond motifs is 2. The topological polar surface area (TPSA) is 83.8 Å². The van der Waals surface area contributed by atoms with E-state index in [-0.39, 0.29) is 17.4 Å². The number of carbonyl (C=O) groups is 2. The van der Waals surface area contributed by atoms with Gasteiger partial charge in [-0.2, -0.15) is 0 Å². The number of piperazine rings is 1. The Morgan fingerprint density at radius 1 is 0.879 bits per heavy atom. The molecule has 0 spiro atoms. The molecule has 1 saturated heterocycles. The van der Waals surface area contributed by atoms with Crippen LogP contribution in [0.15, 0.2) is 54.6 Å². The molecule has 2 aromatic heterocycles. The van der Waals surface area contributed by atoms with Crippen LogP contribution in [-0.2, 0) is 0 Å². The first kappa shape index (κ1) is 21.7. The van der Waals surface area contributed by atoms with Gasteiger partial charge in [-0.15, -0.1) is 22.7 Å². The summed E-state index contributed by atoms with van der Waals surface area (Å²) in [6.07, 6.45) is 0.468. The monoisotopic (exact) mass is 479 g/mol. The van der Waals surface area contributed by atoms with Crippen molar-refractivity contribution in [2.45, 2.75) is 6.42 Å². The number of thiophene rings is 2. The predicted molar refractivity (Wildman–Crippen MR) is 132 cm³/mol. The number of rotatable bonds is 6. The van der Waals surface area contributed by atoms with Gasteiger partial charge in [0, 0.05) is 66.1 Å². The molecule has 0 saturated carbocycles. The van der Waals surface area contributed by atoms with E-state index in [0.29, 0.717) is 30.9 Å². The molecular formula is C24H21N3O4S2. The van der Waals surface area contributed by atoms with Crippen LogP contribution < -0.4 is 0 Å². The Balaban J connectivity index is 1.16. The molecule has 3 heterocycles. The Labute approximate surface area is 198 Å². The van der Waals surface area contributed by atoms with Crippen LogP contribution in [0.4, 0.5) is 5.69 Å². The van der Waals surface area contributed by atoms with E-state index >= 15 is 0 Å². The third-order valence-electron chi connectivity index (χ3n) is 5.94. The van der Waals surface area contributed by atoms with Crippen LogP contribution in [-0.4, -0.2) is 59.1 Å². The molecular weight excluding hydrogens is 458 g/mol. The van der Waals surface area contributed by atoms with Crippen molar-refractivity contribution < 1.29 is 14.5 Å². The molecule has 0 radical (unpaired) electrons. The Kier molecular flexibility index (Phi) is 5.92. The molecule has 7 nitrogen and oxygen atoms in total. The van der Waals surface area contributed by atoms with E-state index in [0.717, 1.165) is 38.1 Å². The summed E-state index contributed by atoms with van der Waals surface area (Å²) >= 11 is 2.90. The molecule has 1 aliphatic rings. The summed E-state index contributed by atoms with van der Waals surface area (Å²) < 4.78 is 1.99. The summed E-state index contributed by atoms with van der Waals surface area (Å²) in [4.78, 5) is 41.6. The summed E-state index contributed by atoms with van der Waals surface area (Å²) in [7, 11) is 0. The number of amides is 1. The third kappa shape index (κ3) is 4.52. The van der Waals surface area contributed by atoms with E-state index in [1.54, 1.807) is 23.5 Å². The lowest BCUT2D eigenvalue weighted by Gasteiger charge is -2.34. The maximum atomic E-state index is 13.0. The maximum absolute atomic E-state index is 13.0. The van der Waals surface area contributed by atoms with Crippen LogP contribution in [0.2, 0.25) is 0 Å². The lowest BCUT2D eigenvalue weighted by Crippen LogP contribution is -2.48. The standard InChI is InChI=1S/C24H21N3O4S2/c28-19(22-14-16-3-1-2-4-20(16)32-22)7-8-25-9-11-26(12-10-25)24(29)23-15-17-13-18(27(30)31)5-6-21(17)33-23/h1-6,13-15H,7-12H2. The average Bonchev–Trinajstić information content (AvgIpc) is 3.46. The van der Waals surface area contributed by atoms with Crippen LogP contribution in [0.1, 0.15) is 25.8 Å². The fraction of sp³-hybridized carbons (Fsp3) is 0.250. The summed E-state index contributed by atoms with van der Waals surface area (Å²) in [5, 5.41) is 12.8. The van der Waals surface area contributed by atoms with E-state index in [2.05, 4.69) is 4.90 Å². The second-order valence-electron chi connectivity index (χ2n) is 8.05. The van der Waals surface area contributed by atoms with E-state index in [1.807, 2.05) is 35.2 Å². The van der Waals surface area contributed by atoms with Gasteiger partial charge in [0.1, 0.15) is 0 Å². The number of nitro groups is 1. The molecule has 1 fully saturated rings. The van der Waals surface area contributed by atoms with Crippen molar-refractivity contribution in [1.29, 1.82) is 0 Å². The summed E-state index contributed by atoms with van der Waals surface area (Å²) in [5.74, 6) is 0.119. The lowest BCUT2D eigenvalue weighted by molar-refractivity contribution is -0.384. The fourth-order valence-corrected chi connectivity index (χ4v) is 6.12. The highest BCUT2D eigenvalue weighted by atomic mass is 32.1. The minimum Gasteiger partial charge on any atom is -0.335 e. The Morgan fingerprint density at radius 3 is 2.33 bits per heavy atom. The zero-order valence-corrected chi connectivity index (χ0v) is 19.4. The molecule has 2 aromatic carbocycles. The highest BCUT2D eigenvalue weighted by molar-refractivity contribution is 7.21. The van der Waals surface area contributed by atoms with Gasteiger partial charge in [-0.3, -0.25) is 24.6 Å². The molecule has 9 heteroatoms. The summed E-state index contributed by atoms with van der Waals surface area (Å²) in [5.41, 5.74) is 0.0260. The van der Waals surface area contributed by atoms with Gasteiger partial charge in [0.25, 0.3) is 11.6 Å². The SMILES string of the molecule is O=C(CCN1CCN(C(=O)c2cc3cc([N+](=O)[O-])ccc3s2)CC1)c1cc2ccccc2s1. The predicted octanol–water partition coefficient (Wildman–Crippen LogP) is 5.06. The molecule has 33 heavy (non-hydrogen) atoms. The normalized spacial score (nSPS) is 14.7. The zero-order valence-electron chi connectivity index (χ0n) is 17.7. The van der Waals surface area contributed by atoms with Gasteiger partial charge in [-0.1, -0.05) is 18.2 Å². The third-order valence-corrected chi connectivity index (χ3v) is 8.20. The highest BCUT2D eigenvalue weighted by Crippen LogP contribution is 2.30. The Hall–Kier alpha value is -3.14. The first-order valence-electron chi connectivity index (χ1n) is 10.7. The van der Waals surface area contributed by atoms with E-state index < -0.39 is 4.92 Å². The quantitative estimate of drug-likeness (QED) is 0.219. The highest BCUT2D eigenvalue weighted by Gasteiger charge is 2.24. The van der Waals surface area contributed by atoms with Crippen molar-refractivity contribution >= 4 is 60.2 Å². The van der Waals surface area contributed by atoms with Crippen LogP contribution in [0.3, 0.4) is 0 Å². The minimum absolute atomic E-state index is 0.0260. The second kappa shape index (κ2) is 9.01. The Bertz CT molecular complexity index is 1340. The van der Waals surface area contributed by atoms with Gasteiger partial charge in [0.2, 0.25) is 0 Å². The van der Waals surface area contributed by atoms with Crippen LogP contribution >= 0.6 is 22.7 Å². The van der Waals surface area contributed by atoms with E-state index in [9.17, 15) is 19.7 Å². The van der Waals surface area contributed by atoms with Gasteiger partial charge >= 0.3 is 0 Å². The number of nitrogens with zero attached hydrogens (tertiary/aromatic N) is 3. The zero-order chi connectivity index (χ0) is 22.9. The molecule has 4 aromatic rings. The molecule has 1 amide bonds. The Morgan fingerprint density at radius 2 is 1.58 bits per heavy atom. The number of Topliss-reactive ketones (excluding diaryl/α,β-unsaturated/α-hetero) is 1. The van der Waals surface area contributed by atoms with Crippen LogP contribution in [0, 0.1) is 10.1 Å². The van der Waals surface area contributed by atoms with E-state index in [1.165, 1.54) is 23.5 Å². The van der Waals surface area contributed by atoms with Crippen LogP contribution in [0.5, 0.6) is 0 Å². The van der Waals surface area contributed by atoms with Crippen molar-refractivity contribution in [3.63, 3.8) is 0 Å². The largest absolute Gasteiger partial charge is 0.335 e. The summed E-state index contributed by atoms with van der Waals surface area (Å²) in [6, 6.07) is 16.4. The van der Waals surface area contributed by atoms with Gasteiger partial charge < -0.3 is 4.90 Å². The smallest absolute Gasteiger partial charge is 0.270 e. The summed E-state index contributed by atoms with van der Waals surface area (Å²) in [6.45, 7) is 3.33. The average molecular weight is 480 g/mol. The number of carbonyl (C=O) groups excluding carboxylic acids is 2. The number of nitro benzene ring substituents is 1. The van der Waals surface area contributed by atoms with Crippen molar-refractivity contribution in [2.24, 2.45) is 0 Å². The van der Waals surface area contributed by atoms with Gasteiger partial charge in [-0.05, 0) is 29.7 Å². The molecule has 0 atom stereocenters. The lowest BCUT2D eigenvalue weighted by atomic mass is 10.2. The molecule has 0 aliphatic carbocycles. The first-order chi connectivity index (χ1) is 16.0. The second-order valence-corrected chi connectivity index (χ2v) is 10.2. The van der Waals surface area contributed by atoms with Crippen molar-refractivity contribution in [3.05, 3.63) is 74.5 Å². The van der Waals surface area contributed by atoms with Gasteiger partial charge in [-0.25, -0.2) is 0 Å². The molecule has 168 valence electrons. The number of non-ortho nitro benzene ring substituents is 1.